The van der Waals surface area contributed by atoms with E-state index < -0.39 is 0 Å². The number of rotatable bonds is 7. The van der Waals surface area contributed by atoms with Crippen molar-refractivity contribution < 1.29 is 0 Å². The van der Waals surface area contributed by atoms with Crippen molar-refractivity contribution in [3.63, 3.8) is 0 Å². The van der Waals surface area contributed by atoms with Crippen LogP contribution in [0.5, 0.6) is 0 Å². The van der Waals surface area contributed by atoms with Crippen molar-refractivity contribution in [3.05, 3.63) is 15.6 Å². The van der Waals surface area contributed by atoms with Gasteiger partial charge in [0, 0.05) is 18.0 Å². The molecule has 1 heterocycles. The summed E-state index contributed by atoms with van der Waals surface area (Å²) in [5, 5.41) is 7.92. The van der Waals surface area contributed by atoms with E-state index in [1.807, 2.05) is 0 Å². The number of halogens is 1. The summed E-state index contributed by atoms with van der Waals surface area (Å²) in [5.74, 6) is 1.91. The van der Waals surface area contributed by atoms with Gasteiger partial charge in [0.2, 0.25) is 0 Å². The quantitative estimate of drug-likeness (QED) is 0.280. The molecule has 1 aliphatic rings. The molecule has 0 bridgehead atoms. The minimum atomic E-state index is 0. The molecule has 6 heteroatoms. The Labute approximate surface area is 162 Å². The highest BCUT2D eigenvalue weighted by Gasteiger charge is 2.14. The Hall–Kier alpha value is -0.370. The molecular weight excluding hydrogens is 419 g/mol. The Morgan fingerprint density at radius 2 is 2.00 bits per heavy atom. The average Bonchev–Trinajstić information content (AvgIpc) is 3.10. The molecule has 23 heavy (non-hydrogen) atoms. The highest BCUT2D eigenvalue weighted by molar-refractivity contribution is 14.0. The zero-order chi connectivity index (χ0) is 15.8. The topological polar surface area (TPSA) is 49.3 Å². The normalized spacial score (nSPS) is 15.5. The van der Waals surface area contributed by atoms with Gasteiger partial charge in [-0.15, -0.1) is 35.3 Å². The van der Waals surface area contributed by atoms with Crippen molar-refractivity contribution in [1.29, 1.82) is 0 Å². The second-order valence-corrected chi connectivity index (χ2v) is 7.44. The summed E-state index contributed by atoms with van der Waals surface area (Å²) in [6, 6.07) is 0. The third-order valence-corrected chi connectivity index (χ3v) is 5.34. The van der Waals surface area contributed by atoms with E-state index >= 15 is 0 Å². The number of aromatic nitrogens is 1. The molecule has 4 nitrogen and oxygen atoms in total. The molecule has 0 aromatic carbocycles. The predicted molar refractivity (Wildman–Crippen MR) is 111 cm³/mol. The van der Waals surface area contributed by atoms with Gasteiger partial charge in [0.05, 0.1) is 17.2 Å². The summed E-state index contributed by atoms with van der Waals surface area (Å²) in [6.45, 7) is 8.86. The van der Waals surface area contributed by atoms with Gasteiger partial charge in [-0.2, -0.15) is 0 Å². The first-order valence-corrected chi connectivity index (χ1v) is 9.45. The van der Waals surface area contributed by atoms with Gasteiger partial charge in [0.15, 0.2) is 5.96 Å². The van der Waals surface area contributed by atoms with Gasteiger partial charge in [-0.05, 0) is 39.5 Å². The minimum Gasteiger partial charge on any atom is -0.357 e. The molecule has 1 fully saturated rings. The van der Waals surface area contributed by atoms with Crippen molar-refractivity contribution in [2.45, 2.75) is 65.8 Å². The standard InChI is InChI=1S/C17H30N4S.HI/c1-4-18-17(19-11-7-10-15-8-5-6-9-15)20-12-16-13(2)21-14(3)22-16;/h15H,4-12H2,1-3H3,(H2,18,19,20);1H. The summed E-state index contributed by atoms with van der Waals surface area (Å²) in [5.41, 5.74) is 1.11. The highest BCUT2D eigenvalue weighted by Crippen LogP contribution is 2.28. The summed E-state index contributed by atoms with van der Waals surface area (Å²) < 4.78 is 0. The van der Waals surface area contributed by atoms with Crippen LogP contribution in [0.3, 0.4) is 0 Å². The van der Waals surface area contributed by atoms with Crippen molar-refractivity contribution >= 4 is 41.3 Å². The molecule has 0 saturated heterocycles. The van der Waals surface area contributed by atoms with Crippen molar-refractivity contribution in [1.82, 2.24) is 15.6 Å². The third kappa shape index (κ3) is 7.37. The Morgan fingerprint density at radius 3 is 2.61 bits per heavy atom. The molecule has 1 aromatic heterocycles. The maximum absolute atomic E-state index is 4.69. The fourth-order valence-corrected chi connectivity index (χ4v) is 3.97. The zero-order valence-electron chi connectivity index (χ0n) is 14.7. The van der Waals surface area contributed by atoms with E-state index in [0.29, 0.717) is 0 Å². The van der Waals surface area contributed by atoms with Gasteiger partial charge in [-0.3, -0.25) is 0 Å². The van der Waals surface area contributed by atoms with Gasteiger partial charge in [0.1, 0.15) is 0 Å². The number of hydrogen-bond acceptors (Lipinski definition) is 3. The number of guanidine groups is 1. The van der Waals surface area contributed by atoms with E-state index in [-0.39, 0.29) is 24.0 Å². The highest BCUT2D eigenvalue weighted by atomic mass is 127. The maximum Gasteiger partial charge on any atom is 0.191 e. The molecular formula is C17H31IN4S. The SMILES string of the molecule is CCNC(=NCc1sc(C)nc1C)NCCCC1CCCC1.I. The fraction of sp³-hybridized carbons (Fsp3) is 0.765. The van der Waals surface area contributed by atoms with Crippen LogP contribution in [0, 0.1) is 19.8 Å². The molecule has 1 aromatic rings. The van der Waals surface area contributed by atoms with E-state index in [0.717, 1.165) is 42.2 Å². The molecule has 2 rings (SSSR count). The zero-order valence-corrected chi connectivity index (χ0v) is 17.8. The monoisotopic (exact) mass is 450 g/mol. The molecule has 0 spiro atoms. The number of aliphatic imine (C=N–C) groups is 1. The number of hydrogen-bond donors (Lipinski definition) is 2. The lowest BCUT2D eigenvalue weighted by Gasteiger charge is -2.12. The Kier molecular flexibility index (Phi) is 10.1. The molecule has 1 aliphatic carbocycles. The summed E-state index contributed by atoms with van der Waals surface area (Å²) >= 11 is 1.75. The molecule has 1 saturated carbocycles. The van der Waals surface area contributed by atoms with Crippen LogP contribution in [0.15, 0.2) is 4.99 Å². The first-order valence-electron chi connectivity index (χ1n) is 8.64. The smallest absolute Gasteiger partial charge is 0.191 e. The van der Waals surface area contributed by atoms with E-state index in [9.17, 15) is 0 Å². The van der Waals surface area contributed by atoms with Crippen LogP contribution in [-0.4, -0.2) is 24.0 Å². The molecule has 0 unspecified atom stereocenters. The van der Waals surface area contributed by atoms with Gasteiger partial charge in [-0.25, -0.2) is 9.98 Å². The Balaban J connectivity index is 0.00000264. The minimum absolute atomic E-state index is 0. The van der Waals surface area contributed by atoms with E-state index in [1.54, 1.807) is 11.3 Å². The van der Waals surface area contributed by atoms with Crippen LogP contribution in [0.2, 0.25) is 0 Å². The van der Waals surface area contributed by atoms with E-state index in [4.69, 9.17) is 4.99 Å². The Bertz CT molecular complexity index is 481. The lowest BCUT2D eigenvalue weighted by molar-refractivity contribution is 0.481. The van der Waals surface area contributed by atoms with Gasteiger partial charge >= 0.3 is 0 Å². The van der Waals surface area contributed by atoms with Crippen molar-refractivity contribution in [2.75, 3.05) is 13.1 Å². The largest absolute Gasteiger partial charge is 0.357 e. The van der Waals surface area contributed by atoms with E-state index in [1.165, 1.54) is 43.4 Å². The molecule has 2 N–H and O–H groups in total. The summed E-state index contributed by atoms with van der Waals surface area (Å²) in [4.78, 5) is 10.4. The first kappa shape index (κ1) is 20.7. The molecule has 0 atom stereocenters. The molecule has 132 valence electrons. The van der Waals surface area contributed by atoms with Gasteiger partial charge in [0.25, 0.3) is 0 Å². The van der Waals surface area contributed by atoms with Gasteiger partial charge < -0.3 is 10.6 Å². The number of nitrogens with one attached hydrogen (secondary N) is 2. The van der Waals surface area contributed by atoms with Crippen LogP contribution < -0.4 is 10.6 Å². The lowest BCUT2D eigenvalue weighted by Crippen LogP contribution is -2.37. The maximum atomic E-state index is 4.69. The Morgan fingerprint density at radius 1 is 1.26 bits per heavy atom. The van der Waals surface area contributed by atoms with Crippen LogP contribution in [0.25, 0.3) is 0 Å². The number of aryl methyl sites for hydroxylation is 2. The van der Waals surface area contributed by atoms with Gasteiger partial charge in [-0.1, -0.05) is 25.7 Å². The molecule has 0 amide bonds. The molecule has 0 aliphatic heterocycles. The van der Waals surface area contributed by atoms with Crippen LogP contribution in [0.1, 0.15) is 61.0 Å². The average molecular weight is 450 g/mol. The second-order valence-electron chi connectivity index (χ2n) is 6.16. The van der Waals surface area contributed by atoms with Crippen molar-refractivity contribution in [3.8, 4) is 0 Å². The van der Waals surface area contributed by atoms with E-state index in [2.05, 4.69) is 36.4 Å². The summed E-state index contributed by atoms with van der Waals surface area (Å²) in [6.07, 6.45) is 8.37. The first-order chi connectivity index (χ1) is 10.7. The third-order valence-electron chi connectivity index (χ3n) is 4.28. The van der Waals surface area contributed by atoms with Crippen molar-refractivity contribution in [2.24, 2.45) is 10.9 Å². The molecule has 0 radical (unpaired) electrons. The van der Waals surface area contributed by atoms with Crippen LogP contribution in [0.4, 0.5) is 0 Å². The number of thiazole rings is 1. The predicted octanol–water partition coefficient (Wildman–Crippen LogP) is 4.40. The number of nitrogens with zero attached hydrogens (tertiary/aromatic N) is 2. The fourth-order valence-electron chi connectivity index (χ4n) is 3.11. The summed E-state index contributed by atoms with van der Waals surface area (Å²) in [7, 11) is 0. The lowest BCUT2D eigenvalue weighted by atomic mass is 10.0. The van der Waals surface area contributed by atoms with Crippen LogP contribution >= 0.6 is 35.3 Å². The van der Waals surface area contributed by atoms with Crippen LogP contribution in [-0.2, 0) is 6.54 Å². The second kappa shape index (κ2) is 11.2.